The number of hydrogen-bond donors (Lipinski definition) is 0. The lowest BCUT2D eigenvalue weighted by atomic mass is 9.74. The number of rotatable bonds is 3. The van der Waals surface area contributed by atoms with Gasteiger partial charge in [-0.1, -0.05) is 13.8 Å². The van der Waals surface area contributed by atoms with Gasteiger partial charge < -0.3 is 14.2 Å². The molecule has 0 amide bonds. The molecule has 0 radical (unpaired) electrons. The lowest BCUT2D eigenvalue weighted by Crippen LogP contribution is -2.47. The number of likely N-dealkylation sites (N-methyl/N-ethyl adjacent to an activating group) is 1. The quantitative estimate of drug-likeness (QED) is 0.536. The van der Waals surface area contributed by atoms with E-state index >= 15 is 0 Å². The van der Waals surface area contributed by atoms with Crippen LogP contribution in [0.2, 0.25) is 0 Å². The van der Waals surface area contributed by atoms with Crippen LogP contribution in [0.15, 0.2) is 0 Å². The largest absolute Gasteiger partial charge is 0.688 e. The number of carbonyl (C=O) groups excluding carboxylic acids is 2. The predicted molar refractivity (Wildman–Crippen MR) is 65.3 cm³/mol. The molecule has 1 unspecified atom stereocenters. The molecule has 18 heavy (non-hydrogen) atoms. The summed E-state index contributed by atoms with van der Waals surface area (Å²) in [4.78, 5) is 27.9. The van der Waals surface area contributed by atoms with E-state index < -0.39 is 25.0 Å². The first kappa shape index (κ1) is 14.5. The van der Waals surface area contributed by atoms with Crippen molar-refractivity contribution in [3.05, 3.63) is 11.4 Å². The Morgan fingerprint density at radius 1 is 1.33 bits per heavy atom. The third-order valence-corrected chi connectivity index (χ3v) is 2.49. The summed E-state index contributed by atoms with van der Waals surface area (Å²) in [6.45, 7) is 11.1. The third kappa shape index (κ3) is 4.38. The lowest BCUT2D eigenvalue weighted by molar-refractivity contribution is -0.145. The monoisotopic (exact) mass is 252 g/mol. The van der Waals surface area contributed by atoms with Crippen LogP contribution in [0.4, 0.5) is 0 Å². The summed E-state index contributed by atoms with van der Waals surface area (Å²) in [5.41, 5.74) is 0. The predicted octanol–water partition coefficient (Wildman–Crippen LogP) is 0.380. The Balaban J connectivity index is 2.75. The Morgan fingerprint density at radius 2 is 1.83 bits per heavy atom. The Bertz CT molecular complexity index is 347. The van der Waals surface area contributed by atoms with Gasteiger partial charge in [0.25, 0.3) is 5.94 Å². The van der Waals surface area contributed by atoms with E-state index in [9.17, 15) is 9.59 Å². The second kappa shape index (κ2) is 6.40. The molecule has 7 heteroatoms. The zero-order valence-corrected chi connectivity index (χ0v) is 10.9. The van der Waals surface area contributed by atoms with Gasteiger partial charge in [0.05, 0.1) is 13.1 Å². The molecule has 0 N–H and O–H groups in total. The maximum atomic E-state index is 11.5. The summed E-state index contributed by atoms with van der Waals surface area (Å²) >= 11 is 0. The van der Waals surface area contributed by atoms with Crippen molar-refractivity contribution < 1.29 is 18.9 Å². The molecule has 1 saturated heterocycles. The van der Waals surface area contributed by atoms with Gasteiger partial charge in [0, 0.05) is 6.42 Å². The van der Waals surface area contributed by atoms with E-state index in [0.717, 1.165) is 0 Å². The van der Waals surface area contributed by atoms with Crippen molar-refractivity contribution in [2.75, 3.05) is 20.1 Å². The van der Waals surface area contributed by atoms with E-state index in [2.05, 4.69) is 4.85 Å². The van der Waals surface area contributed by atoms with Crippen molar-refractivity contribution in [1.82, 2.24) is 4.90 Å². The molecule has 0 aromatic heterocycles. The minimum absolute atomic E-state index is 0.0258. The average Bonchev–Trinajstić information content (AvgIpc) is 2.22. The fourth-order valence-electron chi connectivity index (χ4n) is 1.72. The zero-order chi connectivity index (χ0) is 13.7. The SMILES string of the molecule is [C-]#[N+]C(CC(C)C)B1OC(=O)CN(C)CC(=O)O1. The fraction of sp³-hybridized carbons (Fsp3) is 0.727. The minimum Gasteiger partial charge on any atom is -0.493 e. The molecule has 1 heterocycles. The van der Waals surface area contributed by atoms with Gasteiger partial charge >= 0.3 is 19.1 Å². The molecule has 1 fully saturated rings. The molecular formula is C11H17BN2O4. The molecule has 1 atom stereocenters. The van der Waals surface area contributed by atoms with E-state index in [-0.39, 0.29) is 19.0 Å². The smallest absolute Gasteiger partial charge is 0.493 e. The highest BCUT2D eigenvalue weighted by molar-refractivity contribution is 6.51. The van der Waals surface area contributed by atoms with Gasteiger partial charge in [0.2, 0.25) is 0 Å². The van der Waals surface area contributed by atoms with Crippen LogP contribution < -0.4 is 0 Å². The number of nitrogens with zero attached hydrogens (tertiary/aromatic N) is 2. The van der Waals surface area contributed by atoms with E-state index in [1.165, 1.54) is 4.90 Å². The van der Waals surface area contributed by atoms with E-state index in [4.69, 9.17) is 15.9 Å². The first-order valence-electron chi connectivity index (χ1n) is 5.86. The molecule has 0 spiro atoms. The highest BCUT2D eigenvalue weighted by atomic mass is 16.6. The molecular weight excluding hydrogens is 235 g/mol. The van der Waals surface area contributed by atoms with Crippen molar-refractivity contribution in [2.45, 2.75) is 26.2 Å². The van der Waals surface area contributed by atoms with Gasteiger partial charge in [-0.05, 0) is 13.0 Å². The van der Waals surface area contributed by atoms with E-state index in [0.29, 0.717) is 6.42 Å². The second-order valence-corrected chi connectivity index (χ2v) is 4.85. The molecule has 1 aliphatic heterocycles. The average molecular weight is 252 g/mol. The highest BCUT2D eigenvalue weighted by Crippen LogP contribution is 2.14. The minimum atomic E-state index is -1.08. The number of hydrogen-bond acceptors (Lipinski definition) is 5. The van der Waals surface area contributed by atoms with Crippen molar-refractivity contribution in [3.8, 4) is 0 Å². The van der Waals surface area contributed by atoms with Crippen LogP contribution in [0.3, 0.4) is 0 Å². The van der Waals surface area contributed by atoms with Gasteiger partial charge in [0.15, 0.2) is 0 Å². The molecule has 0 aromatic rings. The summed E-state index contributed by atoms with van der Waals surface area (Å²) in [5, 5.41) is 0. The standard InChI is InChI=1S/C11H17BN2O4/c1-8(2)5-9(13-3)12-17-10(15)6-14(4)7-11(16)18-12/h8-9H,5-7H2,1-2,4H3. The summed E-state index contributed by atoms with van der Waals surface area (Å²) in [6.07, 6.45) is 0.518. The van der Waals surface area contributed by atoms with E-state index in [1.54, 1.807) is 7.05 Å². The third-order valence-electron chi connectivity index (χ3n) is 2.49. The van der Waals surface area contributed by atoms with Crippen molar-refractivity contribution >= 4 is 19.1 Å². The summed E-state index contributed by atoms with van der Waals surface area (Å²) in [6, 6.07) is 0. The normalized spacial score (nSPS) is 19.6. The van der Waals surface area contributed by atoms with Gasteiger partial charge in [-0.2, -0.15) is 0 Å². The maximum Gasteiger partial charge on any atom is 0.688 e. The Hall–Kier alpha value is -1.55. The Morgan fingerprint density at radius 3 is 2.22 bits per heavy atom. The van der Waals surface area contributed by atoms with Crippen molar-refractivity contribution in [2.24, 2.45) is 5.92 Å². The topological polar surface area (TPSA) is 60.2 Å². The molecule has 98 valence electrons. The summed E-state index contributed by atoms with van der Waals surface area (Å²) in [7, 11) is 0.544. The van der Waals surface area contributed by atoms with Crippen LogP contribution in [0, 0.1) is 12.5 Å². The number of carbonyl (C=O) groups is 2. The Kier molecular flexibility index (Phi) is 5.16. The zero-order valence-electron chi connectivity index (χ0n) is 10.9. The molecule has 0 bridgehead atoms. The van der Waals surface area contributed by atoms with Crippen LogP contribution in [0.5, 0.6) is 0 Å². The molecule has 0 saturated carbocycles. The summed E-state index contributed by atoms with van der Waals surface area (Å²) in [5.74, 6) is -1.34. The van der Waals surface area contributed by atoms with E-state index in [1.807, 2.05) is 13.8 Å². The van der Waals surface area contributed by atoms with Gasteiger partial charge in [0.1, 0.15) is 0 Å². The fourth-order valence-corrected chi connectivity index (χ4v) is 1.72. The second-order valence-electron chi connectivity index (χ2n) is 4.85. The van der Waals surface area contributed by atoms with Gasteiger partial charge in [-0.3, -0.25) is 14.5 Å². The Labute approximate surface area is 107 Å². The molecule has 6 nitrogen and oxygen atoms in total. The van der Waals surface area contributed by atoms with Crippen LogP contribution >= 0.6 is 0 Å². The van der Waals surface area contributed by atoms with Crippen LogP contribution in [0.25, 0.3) is 4.85 Å². The van der Waals surface area contributed by atoms with Crippen LogP contribution in [0.1, 0.15) is 20.3 Å². The van der Waals surface area contributed by atoms with Crippen molar-refractivity contribution in [3.63, 3.8) is 0 Å². The molecule has 1 aliphatic rings. The summed E-state index contributed by atoms with van der Waals surface area (Å²) < 4.78 is 10.1. The highest BCUT2D eigenvalue weighted by Gasteiger charge is 2.45. The maximum absolute atomic E-state index is 11.5. The van der Waals surface area contributed by atoms with Crippen molar-refractivity contribution in [1.29, 1.82) is 0 Å². The van der Waals surface area contributed by atoms with Crippen LogP contribution in [-0.4, -0.2) is 50.0 Å². The van der Waals surface area contributed by atoms with Gasteiger partial charge in [-0.25, -0.2) is 6.57 Å². The molecule has 1 rings (SSSR count). The first-order chi connectivity index (χ1) is 8.42. The molecule has 0 aromatic carbocycles. The lowest BCUT2D eigenvalue weighted by Gasteiger charge is -2.23. The molecule has 0 aliphatic carbocycles. The van der Waals surface area contributed by atoms with Crippen LogP contribution in [-0.2, 0) is 18.9 Å². The van der Waals surface area contributed by atoms with Gasteiger partial charge in [-0.15, -0.1) is 0 Å². The first-order valence-corrected chi connectivity index (χ1v) is 5.86.